The Bertz CT molecular complexity index is 221. The molecule has 0 fully saturated rings. The van der Waals surface area contributed by atoms with Crippen molar-refractivity contribution in [2.75, 3.05) is 0 Å². The quantitative estimate of drug-likeness (QED) is 0.693. The number of nitrogens with one attached hydrogen (secondary N) is 1. The molecule has 1 atom stereocenters. The molecule has 0 heterocycles. The topological polar surface area (TPSA) is 12.0 Å². The Kier molecular flexibility index (Phi) is 5.48. The van der Waals surface area contributed by atoms with E-state index in [2.05, 4.69) is 50.4 Å². The predicted octanol–water partition coefficient (Wildman–Crippen LogP) is 2.36. The molecule has 1 N–H and O–H groups in total. The molecule has 3 radical (unpaired) electrons. The molecule has 0 amide bonds. The maximum absolute atomic E-state index is 3.46. The van der Waals surface area contributed by atoms with Crippen molar-refractivity contribution < 1.29 is 0 Å². The standard InChI is InChI=1S/C11H17N.B/c1-9(2)12-10(3)11-7-5-4-6-8-11;/h4-10,12H,1-3H3;. The molecular formula is C11H17BN. The normalized spacial score (nSPS) is 12.3. The van der Waals surface area contributed by atoms with Crippen molar-refractivity contribution in [3.63, 3.8) is 0 Å². The summed E-state index contributed by atoms with van der Waals surface area (Å²) in [6.45, 7) is 6.52. The van der Waals surface area contributed by atoms with E-state index in [1.807, 2.05) is 6.07 Å². The molecule has 0 saturated carbocycles. The third-order valence-electron chi connectivity index (χ3n) is 1.88. The number of hydrogen-bond donors (Lipinski definition) is 1. The van der Waals surface area contributed by atoms with E-state index in [9.17, 15) is 0 Å². The molecule has 0 spiro atoms. The van der Waals surface area contributed by atoms with E-state index >= 15 is 0 Å². The molecule has 0 saturated heterocycles. The van der Waals surface area contributed by atoms with Crippen LogP contribution in [0.15, 0.2) is 30.3 Å². The number of benzene rings is 1. The molecule has 1 aromatic rings. The van der Waals surface area contributed by atoms with E-state index in [-0.39, 0.29) is 8.41 Å². The van der Waals surface area contributed by atoms with Crippen molar-refractivity contribution in [2.24, 2.45) is 0 Å². The summed E-state index contributed by atoms with van der Waals surface area (Å²) in [5, 5.41) is 3.46. The second-order valence-electron chi connectivity index (χ2n) is 3.45. The van der Waals surface area contributed by atoms with Gasteiger partial charge in [-0.3, -0.25) is 0 Å². The molecule has 0 aliphatic heterocycles. The fourth-order valence-electron chi connectivity index (χ4n) is 1.34. The third kappa shape index (κ3) is 4.14. The van der Waals surface area contributed by atoms with Gasteiger partial charge in [0, 0.05) is 20.5 Å². The highest BCUT2D eigenvalue weighted by Gasteiger charge is 2.04. The van der Waals surface area contributed by atoms with Crippen molar-refractivity contribution >= 4 is 8.41 Å². The van der Waals surface area contributed by atoms with Gasteiger partial charge in [-0.15, -0.1) is 0 Å². The summed E-state index contributed by atoms with van der Waals surface area (Å²) in [6, 6.07) is 11.5. The largest absolute Gasteiger partial charge is 0.308 e. The summed E-state index contributed by atoms with van der Waals surface area (Å²) in [5.74, 6) is 0. The lowest BCUT2D eigenvalue weighted by Gasteiger charge is -2.16. The van der Waals surface area contributed by atoms with Crippen molar-refractivity contribution in [3.8, 4) is 0 Å². The predicted molar refractivity (Wildman–Crippen MR) is 58.9 cm³/mol. The maximum Gasteiger partial charge on any atom is 0.0294 e. The SMILES string of the molecule is CC(C)NC(C)c1ccccc1.[B]. The van der Waals surface area contributed by atoms with Gasteiger partial charge in [-0.05, 0) is 12.5 Å². The molecule has 0 aliphatic rings. The van der Waals surface area contributed by atoms with Gasteiger partial charge in [-0.25, -0.2) is 0 Å². The van der Waals surface area contributed by atoms with Gasteiger partial charge in [0.05, 0.1) is 0 Å². The highest BCUT2D eigenvalue weighted by Crippen LogP contribution is 2.11. The first-order valence-corrected chi connectivity index (χ1v) is 4.51. The Morgan fingerprint density at radius 3 is 2.00 bits per heavy atom. The molecule has 0 aliphatic carbocycles. The van der Waals surface area contributed by atoms with Crippen molar-refractivity contribution in [3.05, 3.63) is 35.9 Å². The van der Waals surface area contributed by atoms with Crippen LogP contribution in [-0.2, 0) is 0 Å². The average molecular weight is 174 g/mol. The van der Waals surface area contributed by atoms with E-state index in [1.165, 1.54) is 5.56 Å². The molecule has 0 bridgehead atoms. The van der Waals surface area contributed by atoms with Crippen molar-refractivity contribution in [2.45, 2.75) is 32.9 Å². The summed E-state index contributed by atoms with van der Waals surface area (Å²) in [7, 11) is 0. The van der Waals surface area contributed by atoms with Crippen LogP contribution >= 0.6 is 0 Å². The van der Waals surface area contributed by atoms with Crippen LogP contribution in [0.3, 0.4) is 0 Å². The van der Waals surface area contributed by atoms with Crippen molar-refractivity contribution in [1.82, 2.24) is 5.32 Å². The Hall–Kier alpha value is -0.755. The monoisotopic (exact) mass is 174 g/mol. The van der Waals surface area contributed by atoms with Gasteiger partial charge in [-0.2, -0.15) is 0 Å². The van der Waals surface area contributed by atoms with Crippen LogP contribution in [0.2, 0.25) is 0 Å². The lowest BCUT2D eigenvalue weighted by Crippen LogP contribution is -2.25. The van der Waals surface area contributed by atoms with Crippen LogP contribution in [0.5, 0.6) is 0 Å². The number of hydrogen-bond acceptors (Lipinski definition) is 1. The van der Waals surface area contributed by atoms with Gasteiger partial charge >= 0.3 is 0 Å². The van der Waals surface area contributed by atoms with Gasteiger partial charge in [0.15, 0.2) is 0 Å². The van der Waals surface area contributed by atoms with E-state index in [1.54, 1.807) is 0 Å². The van der Waals surface area contributed by atoms with E-state index in [0.29, 0.717) is 12.1 Å². The first-order chi connectivity index (χ1) is 5.70. The second-order valence-corrected chi connectivity index (χ2v) is 3.45. The maximum atomic E-state index is 3.46. The molecule has 69 valence electrons. The Labute approximate surface area is 83.1 Å². The highest BCUT2D eigenvalue weighted by atomic mass is 14.9. The van der Waals surface area contributed by atoms with Crippen LogP contribution < -0.4 is 5.32 Å². The minimum absolute atomic E-state index is 0. The summed E-state index contributed by atoms with van der Waals surface area (Å²) >= 11 is 0. The van der Waals surface area contributed by atoms with E-state index < -0.39 is 0 Å². The first kappa shape index (κ1) is 12.2. The minimum atomic E-state index is 0. The third-order valence-corrected chi connectivity index (χ3v) is 1.88. The average Bonchev–Trinajstić information content (AvgIpc) is 2.05. The zero-order chi connectivity index (χ0) is 8.97. The summed E-state index contributed by atoms with van der Waals surface area (Å²) in [5.41, 5.74) is 1.35. The Morgan fingerprint density at radius 2 is 1.54 bits per heavy atom. The fraction of sp³-hybridized carbons (Fsp3) is 0.455. The molecule has 0 aromatic heterocycles. The van der Waals surface area contributed by atoms with Crippen molar-refractivity contribution in [1.29, 1.82) is 0 Å². The molecular weight excluding hydrogens is 157 g/mol. The smallest absolute Gasteiger partial charge is 0.0294 e. The lowest BCUT2D eigenvalue weighted by molar-refractivity contribution is 0.506. The van der Waals surface area contributed by atoms with Gasteiger partial charge in [-0.1, -0.05) is 44.2 Å². The minimum Gasteiger partial charge on any atom is -0.308 e. The van der Waals surface area contributed by atoms with Crippen LogP contribution in [0.4, 0.5) is 0 Å². The van der Waals surface area contributed by atoms with Crippen LogP contribution in [0.25, 0.3) is 0 Å². The summed E-state index contributed by atoms with van der Waals surface area (Å²) in [4.78, 5) is 0. The van der Waals surface area contributed by atoms with Gasteiger partial charge in [0.1, 0.15) is 0 Å². The molecule has 13 heavy (non-hydrogen) atoms. The Balaban J connectivity index is 0.00000144. The van der Waals surface area contributed by atoms with Gasteiger partial charge in [0.2, 0.25) is 0 Å². The Morgan fingerprint density at radius 1 is 1.00 bits per heavy atom. The first-order valence-electron chi connectivity index (χ1n) is 4.51. The molecule has 1 rings (SSSR count). The second kappa shape index (κ2) is 5.82. The molecule has 1 unspecified atom stereocenters. The van der Waals surface area contributed by atoms with Gasteiger partial charge in [0.25, 0.3) is 0 Å². The fourth-order valence-corrected chi connectivity index (χ4v) is 1.34. The van der Waals surface area contributed by atoms with Crippen LogP contribution in [-0.4, -0.2) is 14.5 Å². The van der Waals surface area contributed by atoms with Crippen LogP contribution in [0, 0.1) is 0 Å². The zero-order valence-corrected chi connectivity index (χ0v) is 8.62. The number of rotatable bonds is 3. The summed E-state index contributed by atoms with van der Waals surface area (Å²) < 4.78 is 0. The molecule has 1 aromatic carbocycles. The van der Waals surface area contributed by atoms with E-state index in [0.717, 1.165) is 0 Å². The molecule has 1 nitrogen and oxygen atoms in total. The zero-order valence-electron chi connectivity index (χ0n) is 8.62. The highest BCUT2D eigenvalue weighted by molar-refractivity contribution is 5.75. The lowest BCUT2D eigenvalue weighted by atomic mass is 10.1. The molecule has 2 heteroatoms. The van der Waals surface area contributed by atoms with Crippen LogP contribution in [0.1, 0.15) is 32.4 Å². The summed E-state index contributed by atoms with van der Waals surface area (Å²) in [6.07, 6.45) is 0. The van der Waals surface area contributed by atoms with Gasteiger partial charge < -0.3 is 5.32 Å². The van der Waals surface area contributed by atoms with E-state index in [4.69, 9.17) is 0 Å².